The average molecular weight is 466 g/mol. The summed E-state index contributed by atoms with van der Waals surface area (Å²) in [6.07, 6.45) is -4.29. The highest BCUT2D eigenvalue weighted by atomic mass is 35.5. The lowest BCUT2D eigenvalue weighted by molar-refractivity contribution is -0.207. The van der Waals surface area contributed by atoms with Crippen LogP contribution in [0.25, 0.3) is 0 Å². The van der Waals surface area contributed by atoms with Crippen molar-refractivity contribution in [3.63, 3.8) is 0 Å². The van der Waals surface area contributed by atoms with E-state index in [1.165, 1.54) is 4.90 Å². The van der Waals surface area contributed by atoms with Crippen LogP contribution in [-0.4, -0.2) is 52.0 Å². The van der Waals surface area contributed by atoms with E-state index in [4.69, 9.17) is 16.3 Å². The first kappa shape index (κ1) is 22.5. The predicted octanol–water partition coefficient (Wildman–Crippen LogP) is 4.60. The number of aliphatic imine (C=N–C) groups is 1. The molecule has 1 fully saturated rings. The highest BCUT2D eigenvalue weighted by Crippen LogP contribution is 2.42. The second-order valence-corrected chi connectivity index (χ2v) is 8.64. The third kappa shape index (κ3) is 4.41. The lowest BCUT2D eigenvalue weighted by Gasteiger charge is -2.36. The van der Waals surface area contributed by atoms with E-state index in [-0.39, 0.29) is 18.9 Å². The molecule has 0 saturated carbocycles. The van der Waals surface area contributed by atoms with Crippen molar-refractivity contribution in [2.75, 3.05) is 13.1 Å². The molecule has 2 aliphatic rings. The topological polar surface area (TPSA) is 45.1 Å². The van der Waals surface area contributed by atoms with Crippen molar-refractivity contribution < 1.29 is 22.7 Å². The van der Waals surface area contributed by atoms with Gasteiger partial charge in [-0.15, -0.1) is 0 Å². The standard InChI is InChI=1S/C23H23ClF3N3O2/c1-22(23(25,26)27)15-29-20(31)13-19(24)28-21(29)30(22)12-11-16-7-9-18(10-8-16)32-14-17-5-3-2-4-6-17/h2-10,19H,11-15H2,1H3. The van der Waals surface area contributed by atoms with Gasteiger partial charge in [0.25, 0.3) is 0 Å². The van der Waals surface area contributed by atoms with Gasteiger partial charge in [0.05, 0.1) is 13.0 Å². The molecule has 0 N–H and O–H groups in total. The first-order valence-electron chi connectivity index (χ1n) is 10.3. The molecule has 32 heavy (non-hydrogen) atoms. The number of benzene rings is 2. The minimum atomic E-state index is -4.54. The number of rotatable bonds is 6. The number of amides is 1. The van der Waals surface area contributed by atoms with E-state index in [2.05, 4.69) is 4.99 Å². The Morgan fingerprint density at radius 2 is 1.81 bits per heavy atom. The molecule has 2 aromatic carbocycles. The van der Waals surface area contributed by atoms with Crippen molar-refractivity contribution in [3.05, 3.63) is 65.7 Å². The van der Waals surface area contributed by atoms with Gasteiger partial charge in [-0.05, 0) is 36.6 Å². The van der Waals surface area contributed by atoms with Crippen molar-refractivity contribution >= 4 is 23.5 Å². The Hall–Kier alpha value is -2.74. The fraction of sp³-hybridized carbons (Fsp3) is 0.391. The fourth-order valence-corrected chi connectivity index (χ4v) is 4.14. The van der Waals surface area contributed by atoms with Crippen molar-refractivity contribution in [3.8, 4) is 5.75 Å². The van der Waals surface area contributed by atoms with Crippen LogP contribution in [0.3, 0.4) is 0 Å². The molecule has 2 unspecified atom stereocenters. The molecule has 2 atom stereocenters. The monoisotopic (exact) mass is 465 g/mol. The summed E-state index contributed by atoms with van der Waals surface area (Å²) in [6, 6.07) is 17.0. The molecule has 4 rings (SSSR count). The minimum Gasteiger partial charge on any atom is -0.489 e. The van der Waals surface area contributed by atoms with Gasteiger partial charge in [-0.3, -0.25) is 9.69 Å². The van der Waals surface area contributed by atoms with E-state index >= 15 is 0 Å². The highest BCUT2D eigenvalue weighted by Gasteiger charge is 2.62. The van der Waals surface area contributed by atoms with Gasteiger partial charge >= 0.3 is 6.18 Å². The fourth-order valence-electron chi connectivity index (χ4n) is 3.92. The summed E-state index contributed by atoms with van der Waals surface area (Å²) in [6.45, 7) is 1.10. The maximum atomic E-state index is 14.0. The molecule has 0 aromatic heterocycles. The summed E-state index contributed by atoms with van der Waals surface area (Å²) >= 11 is 6.00. The second-order valence-electron chi connectivity index (χ2n) is 8.14. The number of halogens is 4. The molecule has 2 aromatic rings. The van der Waals surface area contributed by atoms with Crippen molar-refractivity contribution in [2.24, 2.45) is 4.99 Å². The normalized spacial score (nSPS) is 23.2. The summed E-state index contributed by atoms with van der Waals surface area (Å²) in [7, 11) is 0. The number of fused-ring (bicyclic) bond motifs is 1. The number of carbonyl (C=O) groups is 1. The van der Waals surface area contributed by atoms with Crippen LogP contribution in [-0.2, 0) is 17.8 Å². The number of alkyl halides is 4. The average Bonchev–Trinajstić information content (AvgIpc) is 3.05. The predicted molar refractivity (Wildman–Crippen MR) is 115 cm³/mol. The van der Waals surface area contributed by atoms with Crippen molar-refractivity contribution in [2.45, 2.75) is 43.6 Å². The van der Waals surface area contributed by atoms with Gasteiger partial charge in [0.15, 0.2) is 5.54 Å². The Bertz CT molecular complexity index is 998. The smallest absolute Gasteiger partial charge is 0.413 e. The summed E-state index contributed by atoms with van der Waals surface area (Å²) in [5.74, 6) is 0.245. The molecule has 9 heteroatoms. The molecular formula is C23H23ClF3N3O2. The van der Waals surface area contributed by atoms with Gasteiger partial charge < -0.3 is 9.64 Å². The lowest BCUT2D eigenvalue weighted by Crippen LogP contribution is -2.56. The van der Waals surface area contributed by atoms with Crippen LogP contribution in [0.1, 0.15) is 24.5 Å². The zero-order valence-corrected chi connectivity index (χ0v) is 18.2. The largest absolute Gasteiger partial charge is 0.489 e. The van der Waals surface area contributed by atoms with Crippen LogP contribution < -0.4 is 4.74 Å². The van der Waals surface area contributed by atoms with Crippen LogP contribution in [0, 0.1) is 0 Å². The number of carbonyl (C=O) groups excluding carboxylic acids is 1. The Morgan fingerprint density at radius 1 is 1.12 bits per heavy atom. The van der Waals surface area contributed by atoms with E-state index in [1.807, 2.05) is 42.5 Å². The molecule has 5 nitrogen and oxygen atoms in total. The molecular weight excluding hydrogens is 443 g/mol. The van der Waals surface area contributed by atoms with E-state index in [1.54, 1.807) is 12.1 Å². The van der Waals surface area contributed by atoms with E-state index < -0.39 is 29.7 Å². The lowest BCUT2D eigenvalue weighted by atomic mass is 10.00. The zero-order valence-electron chi connectivity index (χ0n) is 17.5. The second kappa shape index (κ2) is 8.65. The summed E-state index contributed by atoms with van der Waals surface area (Å²) in [5, 5.41) is 0. The van der Waals surface area contributed by atoms with Crippen molar-refractivity contribution in [1.82, 2.24) is 9.80 Å². The summed E-state index contributed by atoms with van der Waals surface area (Å²) in [5.41, 5.74) is -1.18. The SMILES string of the molecule is CC1(C(F)(F)F)CN2C(=O)CC(Cl)N=C2N1CCc1ccc(OCc2ccccc2)cc1. The third-order valence-corrected chi connectivity index (χ3v) is 6.10. The molecule has 1 saturated heterocycles. The van der Waals surface area contributed by atoms with Crippen LogP contribution in [0.5, 0.6) is 5.75 Å². The number of hydrogen-bond acceptors (Lipinski definition) is 4. The highest BCUT2D eigenvalue weighted by molar-refractivity contribution is 6.23. The molecule has 0 aliphatic carbocycles. The molecule has 170 valence electrons. The first-order valence-corrected chi connectivity index (χ1v) is 10.7. The Morgan fingerprint density at radius 3 is 2.47 bits per heavy atom. The molecule has 0 radical (unpaired) electrons. The minimum absolute atomic E-state index is 0.00360. The quantitative estimate of drug-likeness (QED) is 0.463. The Labute approximate surface area is 189 Å². The summed E-state index contributed by atoms with van der Waals surface area (Å²) in [4.78, 5) is 18.7. The van der Waals surface area contributed by atoms with Gasteiger partial charge in [-0.25, -0.2) is 4.99 Å². The molecule has 0 bridgehead atoms. The Kier molecular flexibility index (Phi) is 6.07. The first-order chi connectivity index (χ1) is 15.2. The van der Waals surface area contributed by atoms with E-state index in [0.29, 0.717) is 18.8 Å². The van der Waals surface area contributed by atoms with Crippen LogP contribution in [0.2, 0.25) is 0 Å². The molecule has 2 heterocycles. The summed E-state index contributed by atoms with van der Waals surface area (Å²) < 4.78 is 47.7. The molecule has 1 amide bonds. The van der Waals surface area contributed by atoms with Gasteiger partial charge in [0.2, 0.25) is 11.9 Å². The maximum Gasteiger partial charge on any atom is 0.413 e. The Balaban J connectivity index is 1.45. The van der Waals surface area contributed by atoms with Crippen molar-refractivity contribution in [1.29, 1.82) is 0 Å². The van der Waals surface area contributed by atoms with Gasteiger partial charge in [-0.2, -0.15) is 13.2 Å². The number of guanidine groups is 1. The van der Waals surface area contributed by atoms with Gasteiger partial charge in [0.1, 0.15) is 17.9 Å². The number of ether oxygens (including phenoxy) is 1. The van der Waals surface area contributed by atoms with E-state index in [9.17, 15) is 18.0 Å². The van der Waals surface area contributed by atoms with Crippen LogP contribution in [0.15, 0.2) is 59.6 Å². The third-order valence-electron chi connectivity index (χ3n) is 5.85. The van der Waals surface area contributed by atoms with Crippen LogP contribution >= 0.6 is 11.6 Å². The zero-order chi connectivity index (χ0) is 22.9. The van der Waals surface area contributed by atoms with Gasteiger partial charge in [0, 0.05) is 6.54 Å². The molecule has 0 spiro atoms. The number of hydrogen-bond donors (Lipinski definition) is 0. The van der Waals surface area contributed by atoms with E-state index in [0.717, 1.165) is 23.0 Å². The number of nitrogens with zero attached hydrogens (tertiary/aromatic N) is 3. The van der Waals surface area contributed by atoms with Crippen LogP contribution in [0.4, 0.5) is 13.2 Å². The molecule has 2 aliphatic heterocycles. The maximum absolute atomic E-state index is 14.0. The van der Waals surface area contributed by atoms with Gasteiger partial charge in [-0.1, -0.05) is 54.1 Å².